The Bertz CT molecular complexity index is 169. The summed E-state index contributed by atoms with van der Waals surface area (Å²) in [5.41, 5.74) is 0. The van der Waals surface area contributed by atoms with Gasteiger partial charge in [0.1, 0.15) is 0 Å². The van der Waals surface area contributed by atoms with Crippen molar-refractivity contribution in [1.29, 1.82) is 0 Å². The molecule has 0 aliphatic carbocycles. The van der Waals surface area contributed by atoms with Gasteiger partial charge in [-0.1, -0.05) is 0 Å². The Morgan fingerprint density at radius 1 is 1.12 bits per heavy atom. The molecule has 1 rings (SSSR count). The van der Waals surface area contributed by atoms with Gasteiger partial charge in [0, 0.05) is 0 Å². The van der Waals surface area contributed by atoms with Crippen molar-refractivity contribution < 1.29 is 0 Å². The first-order chi connectivity index (χ1) is 3.93. The van der Waals surface area contributed by atoms with Crippen LogP contribution in [0.25, 0.3) is 0 Å². The predicted octanol–water partition coefficient (Wildman–Crippen LogP) is 0.0996. The third-order valence-corrected chi connectivity index (χ3v) is 6.80. The van der Waals surface area contributed by atoms with Crippen LogP contribution in [0.5, 0.6) is 0 Å². The van der Waals surface area contributed by atoms with Crippen LogP contribution in [-0.2, 0) is 0 Å². The van der Waals surface area contributed by atoms with Crippen molar-refractivity contribution in [2.24, 2.45) is 0 Å². The molecule has 1 radical (unpaired) electrons. The van der Waals surface area contributed by atoms with Crippen LogP contribution >= 0.6 is 0 Å². The summed E-state index contributed by atoms with van der Waals surface area (Å²) in [5.74, 6) is 0. The van der Waals surface area contributed by atoms with E-state index in [1.54, 1.807) is 3.51 Å². The summed E-state index contributed by atoms with van der Waals surface area (Å²) < 4.78 is 1.58. The van der Waals surface area contributed by atoms with Crippen LogP contribution < -0.4 is 3.51 Å². The molecule has 0 aromatic heterocycles. The van der Waals surface area contributed by atoms with Gasteiger partial charge in [-0.15, -0.1) is 0 Å². The van der Waals surface area contributed by atoms with Gasteiger partial charge in [0.05, 0.1) is 0 Å². The number of rotatable bonds is 1. The Hall–Kier alpha value is 0.856. The topological polar surface area (TPSA) is 0 Å². The standard InChI is InChI=1S/C6H5.2Sb/c1-2-4-6-5-3-1;;/h1-5H;;. The van der Waals surface area contributed by atoms with E-state index in [-0.39, 0.29) is 16.8 Å². The zero-order chi connectivity index (χ0) is 5.82. The van der Waals surface area contributed by atoms with E-state index in [1.807, 2.05) is 18.2 Å². The van der Waals surface area contributed by atoms with Gasteiger partial charge in [-0.3, -0.25) is 0 Å². The molecule has 0 saturated carbocycles. The van der Waals surface area contributed by atoms with Gasteiger partial charge < -0.3 is 0 Å². The Morgan fingerprint density at radius 2 is 1.75 bits per heavy atom. The quantitative estimate of drug-likeness (QED) is 0.644. The molecule has 0 heterocycles. The molecule has 2 heteroatoms. The van der Waals surface area contributed by atoms with Crippen LogP contribution in [0.15, 0.2) is 30.3 Å². The first kappa shape index (κ1) is 6.97. The van der Waals surface area contributed by atoms with Crippen LogP contribution in [0.4, 0.5) is 0 Å². The van der Waals surface area contributed by atoms with E-state index in [0.717, 1.165) is 0 Å². The Kier molecular flexibility index (Phi) is 3.31. The van der Waals surface area contributed by atoms with Crippen molar-refractivity contribution in [1.82, 2.24) is 0 Å². The van der Waals surface area contributed by atoms with Crippen molar-refractivity contribution in [3.63, 3.8) is 0 Å². The van der Waals surface area contributed by atoms with Gasteiger partial charge in [0.2, 0.25) is 0 Å². The fraction of sp³-hybridized carbons (Fsp3) is 0. The summed E-state index contributed by atoms with van der Waals surface area (Å²) in [7, 11) is 0. The second kappa shape index (κ2) is 3.80. The molecule has 0 aliphatic rings. The van der Waals surface area contributed by atoms with E-state index in [2.05, 4.69) is 30.3 Å². The van der Waals surface area contributed by atoms with Crippen molar-refractivity contribution >= 4 is 38.6 Å². The summed E-state index contributed by atoms with van der Waals surface area (Å²) in [6.07, 6.45) is 0. The van der Waals surface area contributed by atoms with Crippen LogP contribution in [0.3, 0.4) is 0 Å². The predicted molar refractivity (Wildman–Crippen MR) is 37.6 cm³/mol. The summed E-state index contributed by atoms with van der Waals surface area (Å²) in [4.78, 5) is 0. The molecule has 0 N–H and O–H groups in total. The molecule has 0 amide bonds. The average molecular weight is 321 g/mol. The second-order valence-electron chi connectivity index (χ2n) is 1.44. The molecular weight excluding hydrogens is 316 g/mol. The molecule has 0 fully saturated rings. The second-order valence-corrected chi connectivity index (χ2v) is 7.31. The molecule has 0 bridgehead atoms. The molecule has 0 unspecified atom stereocenters. The van der Waals surface area contributed by atoms with Crippen molar-refractivity contribution in [2.75, 3.05) is 0 Å². The minimum absolute atomic E-state index is 0.0574. The summed E-state index contributed by atoms with van der Waals surface area (Å²) in [5, 5.41) is 0. The van der Waals surface area contributed by atoms with Gasteiger partial charge >= 0.3 is 68.9 Å². The summed E-state index contributed by atoms with van der Waals surface area (Å²) in [6.45, 7) is 0. The van der Waals surface area contributed by atoms with Crippen LogP contribution in [0, 0.1) is 0 Å². The molecule has 39 valence electrons. The molecule has 0 spiro atoms. The van der Waals surface area contributed by atoms with E-state index in [1.165, 1.54) is 0 Å². The summed E-state index contributed by atoms with van der Waals surface area (Å²) in [6, 6.07) is 10.7. The SMILES string of the molecule is [Sb]=[Sb][c]1ccccc1. The molecule has 0 aliphatic heterocycles. The Balaban J connectivity index is 2.99. The van der Waals surface area contributed by atoms with E-state index in [9.17, 15) is 0 Å². The number of benzene rings is 1. The molecule has 0 atom stereocenters. The molecule has 0 nitrogen and oxygen atoms in total. The fourth-order valence-electron chi connectivity index (χ4n) is 0.495. The zero-order valence-corrected chi connectivity index (χ0v) is 9.39. The molecule has 8 heavy (non-hydrogen) atoms. The Morgan fingerprint density at radius 3 is 2.12 bits per heavy atom. The maximum absolute atomic E-state index is 2.22. The van der Waals surface area contributed by atoms with Crippen LogP contribution in [-0.4, -0.2) is 35.1 Å². The van der Waals surface area contributed by atoms with Gasteiger partial charge in [0.25, 0.3) is 0 Å². The van der Waals surface area contributed by atoms with Gasteiger partial charge in [-0.05, 0) is 0 Å². The van der Waals surface area contributed by atoms with Crippen molar-refractivity contribution in [3.8, 4) is 0 Å². The zero-order valence-electron chi connectivity index (χ0n) is 4.28. The van der Waals surface area contributed by atoms with E-state index in [4.69, 9.17) is 0 Å². The van der Waals surface area contributed by atoms with Gasteiger partial charge in [-0.2, -0.15) is 0 Å². The average Bonchev–Trinajstić information content (AvgIpc) is 1.90. The molecule has 1 aromatic carbocycles. The van der Waals surface area contributed by atoms with E-state index < -0.39 is 0 Å². The van der Waals surface area contributed by atoms with Crippen LogP contribution in [0.2, 0.25) is 0 Å². The number of hydrogen-bond donors (Lipinski definition) is 0. The minimum atomic E-state index is 0.0574. The number of hydrogen-bond acceptors (Lipinski definition) is 0. The molecule has 0 saturated heterocycles. The molecular formula is C6H5Sb2. The van der Waals surface area contributed by atoms with E-state index in [0.29, 0.717) is 0 Å². The first-order valence-electron chi connectivity index (χ1n) is 2.33. The van der Waals surface area contributed by atoms with Crippen LogP contribution in [0.1, 0.15) is 0 Å². The monoisotopic (exact) mass is 319 g/mol. The summed E-state index contributed by atoms with van der Waals surface area (Å²) >= 11 is 2.05. The van der Waals surface area contributed by atoms with Crippen molar-refractivity contribution in [2.45, 2.75) is 0 Å². The van der Waals surface area contributed by atoms with E-state index >= 15 is 0 Å². The normalized spacial score (nSPS) is 8.50. The Labute approximate surface area is 68.2 Å². The van der Waals surface area contributed by atoms with Gasteiger partial charge in [-0.25, -0.2) is 0 Å². The third-order valence-electron chi connectivity index (χ3n) is 0.872. The maximum atomic E-state index is 2.22. The van der Waals surface area contributed by atoms with Crippen molar-refractivity contribution in [3.05, 3.63) is 30.3 Å². The third kappa shape index (κ3) is 2.00. The van der Waals surface area contributed by atoms with Gasteiger partial charge in [0.15, 0.2) is 0 Å². The first-order valence-corrected chi connectivity index (χ1v) is 12.4. The molecule has 1 aromatic rings. The fourth-order valence-corrected chi connectivity index (χ4v) is 3.92.